The molecule has 17 heavy (non-hydrogen) atoms. The van der Waals surface area contributed by atoms with E-state index < -0.39 is 0 Å². The Hall–Kier alpha value is -0.610. The van der Waals surface area contributed by atoms with Crippen LogP contribution in [-0.2, 0) is 9.53 Å². The molecule has 4 heteroatoms. The fourth-order valence-electron chi connectivity index (χ4n) is 2.00. The summed E-state index contributed by atoms with van der Waals surface area (Å²) in [4.78, 5) is 16.2. The maximum Gasteiger partial charge on any atom is 0.320 e. The molecule has 0 aromatic carbocycles. The van der Waals surface area contributed by atoms with E-state index in [1.807, 2.05) is 0 Å². The van der Waals surface area contributed by atoms with Gasteiger partial charge in [0.25, 0.3) is 0 Å². The zero-order valence-electron chi connectivity index (χ0n) is 11.4. The normalized spacial score (nSPS) is 18.6. The summed E-state index contributed by atoms with van der Waals surface area (Å²) in [6.45, 7) is 11.6. The van der Waals surface area contributed by atoms with Crippen LogP contribution in [0.15, 0.2) is 0 Å². The van der Waals surface area contributed by atoms with Crippen LogP contribution in [0, 0.1) is 0 Å². The lowest BCUT2D eigenvalue weighted by atomic mass is 10.2. The predicted molar refractivity (Wildman–Crippen MR) is 69.0 cm³/mol. The fraction of sp³-hybridized carbons (Fsp3) is 0.923. The summed E-state index contributed by atoms with van der Waals surface area (Å²) < 4.78 is 5.17. The van der Waals surface area contributed by atoms with Crippen molar-refractivity contribution in [3.63, 3.8) is 0 Å². The van der Waals surface area contributed by atoms with Crippen molar-refractivity contribution in [1.82, 2.24) is 9.80 Å². The molecule has 1 fully saturated rings. The summed E-state index contributed by atoms with van der Waals surface area (Å²) in [5.74, 6) is -0.0727. The van der Waals surface area contributed by atoms with Crippen LogP contribution in [0.1, 0.15) is 33.6 Å². The topological polar surface area (TPSA) is 32.8 Å². The van der Waals surface area contributed by atoms with Crippen molar-refractivity contribution in [2.45, 2.75) is 39.7 Å². The third-order valence-corrected chi connectivity index (χ3v) is 3.25. The maximum absolute atomic E-state index is 11.5. The molecule has 0 N–H and O–H groups in total. The Morgan fingerprint density at radius 2 is 1.88 bits per heavy atom. The highest BCUT2D eigenvalue weighted by molar-refractivity contribution is 5.71. The van der Waals surface area contributed by atoms with Crippen LogP contribution in [0.3, 0.4) is 0 Å². The number of nitrogens with zero attached hydrogens (tertiary/aromatic N) is 2. The molecule has 0 spiro atoms. The number of rotatable bonds is 6. The van der Waals surface area contributed by atoms with Gasteiger partial charge in [0.1, 0.15) is 0 Å². The summed E-state index contributed by atoms with van der Waals surface area (Å²) in [5, 5.41) is 0. The van der Waals surface area contributed by atoms with Crippen LogP contribution in [0.5, 0.6) is 0 Å². The molecule has 0 amide bonds. The molecule has 0 atom stereocenters. The van der Waals surface area contributed by atoms with Gasteiger partial charge in [0.05, 0.1) is 13.2 Å². The molecular formula is C13H26N2O2. The quantitative estimate of drug-likeness (QED) is 0.520. The summed E-state index contributed by atoms with van der Waals surface area (Å²) in [6, 6.07) is 0.605. The first-order valence-corrected chi connectivity index (χ1v) is 6.75. The van der Waals surface area contributed by atoms with Crippen LogP contribution >= 0.6 is 0 Å². The van der Waals surface area contributed by atoms with Gasteiger partial charge < -0.3 is 4.74 Å². The highest BCUT2D eigenvalue weighted by Crippen LogP contribution is 2.05. The number of carbonyl (C=O) groups is 1. The van der Waals surface area contributed by atoms with Gasteiger partial charge in [-0.05, 0) is 20.3 Å². The fourth-order valence-corrected chi connectivity index (χ4v) is 2.00. The highest BCUT2D eigenvalue weighted by atomic mass is 16.5. The molecule has 1 saturated heterocycles. The lowest BCUT2D eigenvalue weighted by Crippen LogP contribution is -2.50. The number of unbranched alkanes of at least 4 members (excludes halogenated alkanes) is 1. The van der Waals surface area contributed by atoms with Crippen molar-refractivity contribution in [2.75, 3.05) is 39.3 Å². The van der Waals surface area contributed by atoms with Crippen molar-refractivity contribution >= 4 is 5.97 Å². The van der Waals surface area contributed by atoms with Crippen molar-refractivity contribution in [3.8, 4) is 0 Å². The van der Waals surface area contributed by atoms with Crippen LogP contribution in [0.2, 0.25) is 0 Å². The number of carbonyl (C=O) groups excluding carboxylic acids is 1. The zero-order chi connectivity index (χ0) is 12.7. The smallest absolute Gasteiger partial charge is 0.320 e. The minimum Gasteiger partial charge on any atom is -0.465 e. The Balaban J connectivity index is 2.15. The molecule has 1 aliphatic heterocycles. The Bertz CT molecular complexity index is 223. The second-order valence-corrected chi connectivity index (χ2v) is 4.98. The van der Waals surface area contributed by atoms with Crippen LogP contribution in [0.25, 0.3) is 0 Å². The molecule has 0 aromatic rings. The molecule has 1 rings (SSSR count). The first kappa shape index (κ1) is 14.5. The summed E-state index contributed by atoms with van der Waals surface area (Å²) >= 11 is 0. The predicted octanol–water partition coefficient (Wildman–Crippen LogP) is 1.36. The van der Waals surface area contributed by atoms with Gasteiger partial charge in [0.15, 0.2) is 0 Å². The van der Waals surface area contributed by atoms with Crippen LogP contribution in [0.4, 0.5) is 0 Å². The Labute approximate surface area is 105 Å². The summed E-state index contributed by atoms with van der Waals surface area (Å²) in [6.07, 6.45) is 2.03. The monoisotopic (exact) mass is 242 g/mol. The van der Waals surface area contributed by atoms with Gasteiger partial charge >= 0.3 is 5.97 Å². The molecule has 0 aromatic heterocycles. The van der Waals surface area contributed by atoms with E-state index in [4.69, 9.17) is 4.74 Å². The van der Waals surface area contributed by atoms with Crippen molar-refractivity contribution in [2.24, 2.45) is 0 Å². The van der Waals surface area contributed by atoms with E-state index in [2.05, 4.69) is 30.6 Å². The molecule has 100 valence electrons. The molecule has 0 saturated carbocycles. The third kappa shape index (κ3) is 5.50. The Morgan fingerprint density at radius 3 is 2.41 bits per heavy atom. The Morgan fingerprint density at radius 1 is 1.24 bits per heavy atom. The molecule has 0 unspecified atom stereocenters. The maximum atomic E-state index is 11.5. The van der Waals surface area contributed by atoms with Crippen LogP contribution in [-0.4, -0.2) is 61.1 Å². The van der Waals surface area contributed by atoms with Gasteiger partial charge in [-0.25, -0.2) is 0 Å². The van der Waals surface area contributed by atoms with Crippen LogP contribution < -0.4 is 0 Å². The SMILES string of the molecule is CCCCOC(=O)CN1CCN(C(C)C)CC1. The van der Waals surface area contributed by atoms with E-state index in [-0.39, 0.29) is 5.97 Å². The molecule has 4 nitrogen and oxygen atoms in total. The molecule has 0 aliphatic carbocycles. The lowest BCUT2D eigenvalue weighted by Gasteiger charge is -2.36. The number of piperazine rings is 1. The minimum atomic E-state index is -0.0727. The first-order valence-electron chi connectivity index (χ1n) is 6.75. The summed E-state index contributed by atoms with van der Waals surface area (Å²) in [5.41, 5.74) is 0. The number of hydrogen-bond acceptors (Lipinski definition) is 4. The highest BCUT2D eigenvalue weighted by Gasteiger charge is 2.20. The van der Waals surface area contributed by atoms with Gasteiger partial charge in [-0.1, -0.05) is 13.3 Å². The van der Waals surface area contributed by atoms with Gasteiger partial charge in [-0.2, -0.15) is 0 Å². The second-order valence-electron chi connectivity index (χ2n) is 4.98. The average Bonchev–Trinajstić information content (AvgIpc) is 2.30. The molecule has 1 aliphatic rings. The van der Waals surface area contributed by atoms with Gasteiger partial charge in [-0.15, -0.1) is 0 Å². The third-order valence-electron chi connectivity index (χ3n) is 3.25. The van der Waals surface area contributed by atoms with E-state index >= 15 is 0 Å². The first-order chi connectivity index (χ1) is 8.13. The number of esters is 1. The standard InChI is InChI=1S/C13H26N2O2/c1-4-5-10-17-13(16)11-14-6-8-15(9-7-14)12(2)3/h12H,4-11H2,1-3H3. The number of hydrogen-bond donors (Lipinski definition) is 0. The Kier molecular flexibility index (Phi) is 6.52. The van der Waals surface area contributed by atoms with Crippen molar-refractivity contribution in [1.29, 1.82) is 0 Å². The second kappa shape index (κ2) is 7.67. The minimum absolute atomic E-state index is 0.0727. The summed E-state index contributed by atoms with van der Waals surface area (Å²) in [7, 11) is 0. The van der Waals surface area contributed by atoms with Crippen molar-refractivity contribution < 1.29 is 9.53 Å². The van der Waals surface area contributed by atoms with E-state index in [1.54, 1.807) is 0 Å². The largest absolute Gasteiger partial charge is 0.465 e. The molecule has 0 bridgehead atoms. The van der Waals surface area contributed by atoms with E-state index in [9.17, 15) is 4.79 Å². The average molecular weight is 242 g/mol. The van der Waals surface area contributed by atoms with E-state index in [0.29, 0.717) is 19.2 Å². The number of ether oxygens (including phenoxy) is 1. The van der Waals surface area contributed by atoms with E-state index in [0.717, 1.165) is 39.0 Å². The zero-order valence-corrected chi connectivity index (χ0v) is 11.4. The molecule has 0 radical (unpaired) electrons. The van der Waals surface area contributed by atoms with Gasteiger partial charge in [-0.3, -0.25) is 14.6 Å². The molecular weight excluding hydrogens is 216 g/mol. The van der Waals surface area contributed by atoms with Gasteiger partial charge in [0.2, 0.25) is 0 Å². The lowest BCUT2D eigenvalue weighted by molar-refractivity contribution is -0.145. The van der Waals surface area contributed by atoms with Crippen molar-refractivity contribution in [3.05, 3.63) is 0 Å². The van der Waals surface area contributed by atoms with E-state index in [1.165, 1.54) is 0 Å². The van der Waals surface area contributed by atoms with Gasteiger partial charge in [0, 0.05) is 32.2 Å². The molecule has 1 heterocycles.